The lowest BCUT2D eigenvalue weighted by molar-refractivity contribution is 0.448. The fourth-order valence-electron chi connectivity index (χ4n) is 7.93. The first kappa shape index (κ1) is 37.3. The first-order valence-corrected chi connectivity index (χ1v) is 20.2. The van der Waals surface area contributed by atoms with Crippen LogP contribution in [0.1, 0.15) is 84.9 Å². The Bertz CT molecular complexity index is 2830. The molecule has 58 heavy (non-hydrogen) atoms. The summed E-state index contributed by atoms with van der Waals surface area (Å²) in [4.78, 5) is 10.5. The number of nitrogens with zero attached hydrogens (tertiary/aromatic N) is 3. The zero-order chi connectivity index (χ0) is 41.9. The SMILES string of the molecule is [2H]C(C)(C)c1ccc(-n2c(-c3cc(C)cc(C(C)(C)C)c3O)nc3c(-c4cc(-c5cc(-c6ccccc6)ccn5)cc(C(C)(C)C)c4)cccc32)c(-c2ccccc2)c1. The van der Waals surface area contributed by atoms with Crippen LogP contribution in [0.25, 0.3) is 72.7 Å². The summed E-state index contributed by atoms with van der Waals surface area (Å²) in [6, 6.07) is 48.7. The number of hydrogen-bond donors (Lipinski definition) is 1. The Kier molecular flexibility index (Phi) is 9.60. The van der Waals surface area contributed by atoms with Gasteiger partial charge in [-0.2, -0.15) is 0 Å². The summed E-state index contributed by atoms with van der Waals surface area (Å²) in [5, 5.41) is 12.2. The molecule has 0 aliphatic carbocycles. The highest BCUT2D eigenvalue weighted by Crippen LogP contribution is 2.45. The van der Waals surface area contributed by atoms with Gasteiger partial charge in [-0.25, -0.2) is 4.98 Å². The fourth-order valence-corrected chi connectivity index (χ4v) is 7.93. The van der Waals surface area contributed by atoms with Gasteiger partial charge in [-0.05, 0) is 111 Å². The summed E-state index contributed by atoms with van der Waals surface area (Å²) in [6.45, 7) is 19.1. The predicted octanol–water partition coefficient (Wildman–Crippen LogP) is 14.5. The van der Waals surface area contributed by atoms with Crippen molar-refractivity contribution in [3.05, 3.63) is 168 Å². The number of benzene rings is 6. The Labute approximate surface area is 345 Å². The van der Waals surface area contributed by atoms with E-state index in [1.165, 1.54) is 5.56 Å². The van der Waals surface area contributed by atoms with Gasteiger partial charge in [0.05, 0.1) is 28.0 Å². The molecule has 0 fully saturated rings. The van der Waals surface area contributed by atoms with E-state index in [-0.39, 0.29) is 16.6 Å². The molecule has 8 rings (SSSR count). The van der Waals surface area contributed by atoms with Gasteiger partial charge in [0, 0.05) is 29.8 Å². The lowest BCUT2D eigenvalue weighted by Crippen LogP contribution is -2.12. The van der Waals surface area contributed by atoms with Crippen molar-refractivity contribution in [1.82, 2.24) is 14.5 Å². The number of fused-ring (bicyclic) bond motifs is 1. The number of aryl methyl sites for hydroxylation is 1. The molecule has 0 amide bonds. The molecule has 4 nitrogen and oxygen atoms in total. The highest BCUT2D eigenvalue weighted by atomic mass is 16.3. The van der Waals surface area contributed by atoms with Gasteiger partial charge in [0.2, 0.25) is 0 Å². The van der Waals surface area contributed by atoms with Crippen molar-refractivity contribution in [3.8, 4) is 67.5 Å². The summed E-state index contributed by atoms with van der Waals surface area (Å²) in [6.07, 6.45) is 1.90. The van der Waals surface area contributed by atoms with Gasteiger partial charge < -0.3 is 5.11 Å². The van der Waals surface area contributed by atoms with Crippen molar-refractivity contribution in [1.29, 1.82) is 0 Å². The van der Waals surface area contributed by atoms with E-state index in [4.69, 9.17) is 11.3 Å². The van der Waals surface area contributed by atoms with Crippen LogP contribution < -0.4 is 0 Å². The van der Waals surface area contributed by atoms with Crippen molar-refractivity contribution < 1.29 is 6.48 Å². The van der Waals surface area contributed by atoms with E-state index in [0.29, 0.717) is 11.4 Å². The van der Waals surface area contributed by atoms with Crippen LogP contribution in [0.5, 0.6) is 5.75 Å². The average molecular weight is 761 g/mol. The van der Waals surface area contributed by atoms with Crippen molar-refractivity contribution in [3.63, 3.8) is 0 Å². The van der Waals surface area contributed by atoms with Crippen LogP contribution >= 0.6 is 0 Å². The lowest BCUT2D eigenvalue weighted by Gasteiger charge is -2.23. The molecule has 0 spiro atoms. The first-order valence-electron chi connectivity index (χ1n) is 20.7. The van der Waals surface area contributed by atoms with Gasteiger partial charge in [0.15, 0.2) is 0 Å². The molecule has 0 radical (unpaired) electrons. The van der Waals surface area contributed by atoms with Crippen LogP contribution in [0.15, 0.2) is 146 Å². The van der Waals surface area contributed by atoms with Crippen LogP contribution in [0, 0.1) is 6.92 Å². The van der Waals surface area contributed by atoms with Gasteiger partial charge in [-0.1, -0.05) is 146 Å². The Balaban J connectivity index is 1.44. The Hall–Kier alpha value is -6.26. The maximum Gasteiger partial charge on any atom is 0.149 e. The van der Waals surface area contributed by atoms with Gasteiger partial charge in [-0.3, -0.25) is 9.55 Å². The van der Waals surface area contributed by atoms with E-state index >= 15 is 0 Å². The molecule has 4 heteroatoms. The van der Waals surface area contributed by atoms with Crippen LogP contribution in [-0.2, 0) is 10.8 Å². The second-order valence-electron chi connectivity index (χ2n) is 17.8. The molecule has 0 saturated carbocycles. The summed E-state index contributed by atoms with van der Waals surface area (Å²) in [5.41, 5.74) is 15.2. The number of hydrogen-bond acceptors (Lipinski definition) is 3. The molecule has 0 bridgehead atoms. The van der Waals surface area contributed by atoms with E-state index in [0.717, 1.165) is 78.0 Å². The third kappa shape index (κ3) is 7.36. The summed E-state index contributed by atoms with van der Waals surface area (Å²) in [7, 11) is 0. The third-order valence-corrected chi connectivity index (χ3v) is 11.2. The zero-order valence-electron chi connectivity index (χ0n) is 36.1. The molecular formula is C54H53N3O. The number of para-hydroxylation sites is 1. The van der Waals surface area contributed by atoms with Gasteiger partial charge in [0.1, 0.15) is 11.6 Å². The highest BCUT2D eigenvalue weighted by molar-refractivity contribution is 5.98. The van der Waals surface area contributed by atoms with E-state index < -0.39 is 5.89 Å². The molecule has 0 saturated heterocycles. The molecule has 6 aromatic carbocycles. The van der Waals surface area contributed by atoms with Crippen molar-refractivity contribution >= 4 is 11.0 Å². The van der Waals surface area contributed by atoms with Gasteiger partial charge in [-0.15, -0.1) is 0 Å². The monoisotopic (exact) mass is 760 g/mol. The number of phenols is 1. The number of aromatic hydroxyl groups is 1. The molecule has 0 unspecified atom stereocenters. The van der Waals surface area contributed by atoms with Crippen molar-refractivity contribution in [2.24, 2.45) is 0 Å². The summed E-state index contributed by atoms with van der Waals surface area (Å²) >= 11 is 0. The molecular weight excluding hydrogens is 707 g/mol. The largest absolute Gasteiger partial charge is 0.507 e. The number of phenolic OH excluding ortho intramolecular Hbond substituents is 1. The zero-order valence-corrected chi connectivity index (χ0v) is 35.1. The first-order chi connectivity index (χ1) is 28.0. The molecule has 0 aliphatic rings. The van der Waals surface area contributed by atoms with E-state index in [1.807, 2.05) is 32.2 Å². The average Bonchev–Trinajstić information content (AvgIpc) is 3.60. The minimum absolute atomic E-state index is 0.144. The minimum Gasteiger partial charge on any atom is -0.507 e. The van der Waals surface area contributed by atoms with Gasteiger partial charge >= 0.3 is 0 Å². The molecule has 8 aromatic rings. The van der Waals surface area contributed by atoms with Gasteiger partial charge in [0.25, 0.3) is 0 Å². The quantitative estimate of drug-likeness (QED) is 0.176. The molecule has 290 valence electrons. The second kappa shape index (κ2) is 14.9. The maximum atomic E-state index is 12.2. The minimum atomic E-state index is -0.809. The predicted molar refractivity (Wildman–Crippen MR) is 244 cm³/mol. The summed E-state index contributed by atoms with van der Waals surface area (Å²) in [5.74, 6) is 0.0721. The molecule has 0 atom stereocenters. The fraction of sp³-hybridized carbons (Fsp3) is 0.222. The molecule has 0 aliphatic heterocycles. The van der Waals surface area contributed by atoms with Crippen molar-refractivity contribution in [2.45, 2.75) is 79.0 Å². The summed E-state index contributed by atoms with van der Waals surface area (Å²) < 4.78 is 11.2. The maximum absolute atomic E-state index is 12.2. The van der Waals surface area contributed by atoms with E-state index in [1.54, 1.807) is 0 Å². The topological polar surface area (TPSA) is 50.9 Å². The Morgan fingerprint density at radius 2 is 1.29 bits per heavy atom. The highest BCUT2D eigenvalue weighted by Gasteiger charge is 2.27. The normalized spacial score (nSPS) is 12.5. The Morgan fingerprint density at radius 1 is 0.603 bits per heavy atom. The lowest BCUT2D eigenvalue weighted by atomic mass is 9.83. The second-order valence-corrected chi connectivity index (χ2v) is 17.8. The van der Waals surface area contributed by atoms with Crippen LogP contribution in [0.2, 0.25) is 0 Å². The molecule has 1 N–H and O–H groups in total. The van der Waals surface area contributed by atoms with Crippen LogP contribution in [0.4, 0.5) is 0 Å². The van der Waals surface area contributed by atoms with E-state index in [9.17, 15) is 5.11 Å². The molecule has 2 aromatic heterocycles. The van der Waals surface area contributed by atoms with Crippen LogP contribution in [-0.4, -0.2) is 19.6 Å². The number of rotatable bonds is 7. The molecule has 2 heterocycles. The number of aromatic nitrogens is 3. The van der Waals surface area contributed by atoms with Crippen molar-refractivity contribution in [2.75, 3.05) is 0 Å². The number of imidazole rings is 1. The van der Waals surface area contributed by atoms with Crippen LogP contribution in [0.3, 0.4) is 0 Å². The third-order valence-electron chi connectivity index (χ3n) is 11.2. The Morgan fingerprint density at radius 3 is 1.97 bits per heavy atom. The smallest absolute Gasteiger partial charge is 0.149 e. The standard InChI is InChI=1S/C54H53N3O/c1-34(2)38-23-24-48(44(32-38)37-19-14-11-15-20-37)57-49-22-16-21-43(50(49)56-52(57)45-27-35(3)28-46(51(45)58)54(7,8)9)40-29-41(31-42(30-40)53(4,5)6)47-33-39(25-26-55-47)36-17-12-10-13-18-36/h10-34,58H,1-9H3/i34D. The van der Waals surface area contributed by atoms with E-state index in [2.05, 4.69) is 180 Å². The number of pyridine rings is 1.